The summed E-state index contributed by atoms with van der Waals surface area (Å²) in [4.78, 5) is 0. The van der Waals surface area contributed by atoms with Crippen LogP contribution in [0.25, 0.3) is 0 Å². The molecule has 0 aliphatic carbocycles. The minimum Gasteiger partial charge on any atom is -0.409 e. The first kappa shape index (κ1) is 24.3. The second-order valence-corrected chi connectivity index (χ2v) is 12.9. The van der Waals surface area contributed by atoms with Crippen LogP contribution in [0.5, 0.6) is 0 Å². The Balaban J connectivity index is 2.27. The Labute approximate surface area is 183 Å². The number of hydrogen-bond donors (Lipinski definition) is 1. The maximum atomic E-state index is 13.5. The molecule has 0 aliphatic rings. The molecule has 2 nitrogen and oxygen atoms in total. The van der Waals surface area contributed by atoms with Gasteiger partial charge in [-0.1, -0.05) is 44.0 Å². The van der Waals surface area contributed by atoms with Gasteiger partial charge in [0.2, 0.25) is 0 Å². The van der Waals surface area contributed by atoms with Gasteiger partial charge in [-0.2, -0.15) is 0 Å². The molecule has 29 heavy (non-hydrogen) atoms. The monoisotopic (exact) mass is 459 g/mol. The van der Waals surface area contributed by atoms with E-state index in [1.807, 2.05) is 19.1 Å². The highest BCUT2D eigenvalue weighted by Crippen LogP contribution is 2.37. The van der Waals surface area contributed by atoms with Crippen LogP contribution in [-0.4, -0.2) is 14.9 Å². The van der Waals surface area contributed by atoms with Gasteiger partial charge in [0, 0.05) is 34.8 Å². The van der Waals surface area contributed by atoms with E-state index in [1.54, 1.807) is 0 Å². The number of hydrogen-bond acceptors (Lipinski definition) is 2. The van der Waals surface area contributed by atoms with Crippen molar-refractivity contribution in [1.29, 1.82) is 0 Å². The Morgan fingerprint density at radius 1 is 0.931 bits per heavy atom. The van der Waals surface area contributed by atoms with Gasteiger partial charge >= 0.3 is 0 Å². The van der Waals surface area contributed by atoms with E-state index in [1.165, 1.54) is 12.1 Å². The summed E-state index contributed by atoms with van der Waals surface area (Å²) in [5, 5.41) is 4.41. The zero-order valence-electron chi connectivity index (χ0n) is 17.4. The van der Waals surface area contributed by atoms with E-state index in [-0.39, 0.29) is 6.10 Å². The van der Waals surface area contributed by atoms with E-state index in [4.69, 9.17) is 27.6 Å². The fourth-order valence-electron chi connectivity index (χ4n) is 3.58. The van der Waals surface area contributed by atoms with Crippen molar-refractivity contribution in [3.05, 3.63) is 68.7 Å². The Kier molecular flexibility index (Phi) is 9.10. The predicted octanol–water partition coefficient (Wildman–Crippen LogP) is 7.43. The first-order chi connectivity index (χ1) is 13.7. The molecule has 0 aliphatic heterocycles. The second kappa shape index (κ2) is 10.9. The normalized spacial score (nSPS) is 13.0. The predicted molar refractivity (Wildman–Crippen MR) is 120 cm³/mol. The Hall–Kier alpha value is -0.983. The molecule has 160 valence electrons. The minimum absolute atomic E-state index is 0.314. The van der Waals surface area contributed by atoms with Crippen molar-refractivity contribution in [3.63, 3.8) is 0 Å². The third kappa shape index (κ3) is 6.50. The third-order valence-electron chi connectivity index (χ3n) is 5.45. The van der Waals surface area contributed by atoms with E-state index in [9.17, 15) is 8.78 Å². The van der Waals surface area contributed by atoms with E-state index in [0.717, 1.165) is 35.3 Å². The first-order valence-electron chi connectivity index (χ1n) is 10.0. The summed E-state index contributed by atoms with van der Waals surface area (Å²) in [5.41, 5.74) is 2.28. The Bertz CT molecular complexity index is 779. The topological polar surface area (TPSA) is 21.3 Å². The van der Waals surface area contributed by atoms with E-state index < -0.39 is 20.0 Å². The third-order valence-corrected chi connectivity index (χ3v) is 10.7. The lowest BCUT2D eigenvalue weighted by molar-refractivity contribution is 0.186. The summed E-state index contributed by atoms with van der Waals surface area (Å²) in [6.45, 7) is 9.19. The van der Waals surface area contributed by atoms with Gasteiger partial charge < -0.3 is 9.74 Å². The van der Waals surface area contributed by atoms with Gasteiger partial charge in [-0.3, -0.25) is 0 Å². The molecular formula is C22H29Cl2F2NOSi. The molecule has 0 heterocycles. The second-order valence-electron chi connectivity index (χ2n) is 7.40. The molecule has 0 aromatic heterocycles. The molecule has 1 unspecified atom stereocenters. The average Bonchev–Trinajstić information content (AvgIpc) is 2.64. The molecule has 2 aromatic rings. The highest BCUT2D eigenvalue weighted by atomic mass is 35.5. The van der Waals surface area contributed by atoms with Crippen LogP contribution in [0.2, 0.25) is 28.2 Å². The molecule has 0 saturated heterocycles. The Morgan fingerprint density at radius 3 is 1.93 bits per heavy atom. The van der Waals surface area contributed by atoms with Gasteiger partial charge in [0.05, 0.1) is 6.10 Å². The fraction of sp³-hybridized carbons (Fsp3) is 0.455. The molecule has 0 amide bonds. The van der Waals surface area contributed by atoms with Crippen LogP contribution in [-0.2, 0) is 11.0 Å². The smallest absolute Gasteiger partial charge is 0.192 e. The van der Waals surface area contributed by atoms with Gasteiger partial charge in [-0.05, 0) is 60.4 Å². The standard InChI is InChI=1S/C22H29Cl2F2NOSi/c1-5-29(6-2,7-3)28-21(22-19(23)8-15(4)9-20(22)24)14-27-13-16-10-17(25)12-18(26)11-16/h8-12,21,27H,5-7,13-14H2,1-4H3. The van der Waals surface area contributed by atoms with Crippen molar-refractivity contribution in [3.8, 4) is 0 Å². The lowest BCUT2D eigenvalue weighted by Gasteiger charge is -2.34. The summed E-state index contributed by atoms with van der Waals surface area (Å²) in [7, 11) is -1.95. The van der Waals surface area contributed by atoms with Crippen LogP contribution in [0.3, 0.4) is 0 Å². The van der Waals surface area contributed by atoms with Crippen LogP contribution in [0, 0.1) is 18.6 Å². The molecular weight excluding hydrogens is 431 g/mol. The zero-order chi connectivity index (χ0) is 21.6. The van der Waals surface area contributed by atoms with Gasteiger partial charge in [-0.15, -0.1) is 0 Å². The molecule has 2 aromatic carbocycles. The summed E-state index contributed by atoms with van der Waals surface area (Å²) < 4.78 is 33.6. The molecule has 2 rings (SSSR count). The maximum absolute atomic E-state index is 13.5. The van der Waals surface area contributed by atoms with E-state index in [0.29, 0.717) is 28.7 Å². The average molecular weight is 460 g/mol. The van der Waals surface area contributed by atoms with Crippen LogP contribution >= 0.6 is 23.2 Å². The van der Waals surface area contributed by atoms with Crippen LogP contribution in [0.15, 0.2) is 30.3 Å². The van der Waals surface area contributed by atoms with Gasteiger partial charge in [0.15, 0.2) is 8.32 Å². The number of halogens is 4. The largest absolute Gasteiger partial charge is 0.409 e. The van der Waals surface area contributed by atoms with E-state index >= 15 is 0 Å². The molecule has 0 spiro atoms. The number of aryl methyl sites for hydroxylation is 1. The van der Waals surface area contributed by atoms with Gasteiger partial charge in [0.1, 0.15) is 11.6 Å². The van der Waals surface area contributed by atoms with Crippen molar-refractivity contribution in [2.75, 3.05) is 6.54 Å². The van der Waals surface area contributed by atoms with Crippen molar-refractivity contribution in [2.24, 2.45) is 0 Å². The molecule has 0 saturated carbocycles. The van der Waals surface area contributed by atoms with Crippen molar-refractivity contribution >= 4 is 31.5 Å². The van der Waals surface area contributed by atoms with Crippen LogP contribution in [0.4, 0.5) is 8.78 Å². The molecule has 1 N–H and O–H groups in total. The van der Waals surface area contributed by atoms with E-state index in [2.05, 4.69) is 26.1 Å². The maximum Gasteiger partial charge on any atom is 0.192 e. The Morgan fingerprint density at radius 2 is 1.45 bits per heavy atom. The number of rotatable bonds is 10. The fourth-order valence-corrected chi connectivity index (χ4v) is 7.23. The quantitative estimate of drug-likeness (QED) is 0.372. The summed E-state index contributed by atoms with van der Waals surface area (Å²) in [6, 6.07) is 10.3. The molecule has 0 radical (unpaired) electrons. The van der Waals surface area contributed by atoms with Crippen molar-refractivity contribution in [1.82, 2.24) is 5.32 Å². The SMILES string of the molecule is CC[Si](CC)(CC)OC(CNCc1cc(F)cc(F)c1)c1c(Cl)cc(C)cc1Cl. The molecule has 7 heteroatoms. The highest BCUT2D eigenvalue weighted by Gasteiger charge is 2.34. The van der Waals surface area contributed by atoms with Crippen LogP contribution in [0.1, 0.15) is 43.6 Å². The number of nitrogens with one attached hydrogen (secondary N) is 1. The lowest BCUT2D eigenvalue weighted by atomic mass is 10.1. The first-order valence-corrected chi connectivity index (χ1v) is 13.3. The zero-order valence-corrected chi connectivity index (χ0v) is 19.9. The highest BCUT2D eigenvalue weighted by molar-refractivity contribution is 6.73. The molecule has 0 fully saturated rings. The molecule has 0 bridgehead atoms. The van der Waals surface area contributed by atoms with Crippen molar-refractivity contribution in [2.45, 2.75) is 58.5 Å². The van der Waals surface area contributed by atoms with Crippen molar-refractivity contribution < 1.29 is 13.2 Å². The minimum atomic E-state index is -1.95. The van der Waals surface area contributed by atoms with Gasteiger partial charge in [0.25, 0.3) is 0 Å². The summed E-state index contributed by atoms with van der Waals surface area (Å²) >= 11 is 13.1. The lowest BCUT2D eigenvalue weighted by Crippen LogP contribution is -2.40. The summed E-state index contributed by atoms with van der Waals surface area (Å²) in [6.07, 6.45) is -0.333. The summed E-state index contributed by atoms with van der Waals surface area (Å²) in [5.74, 6) is -1.18. The van der Waals surface area contributed by atoms with Crippen LogP contribution < -0.4 is 5.32 Å². The molecule has 1 atom stereocenters. The van der Waals surface area contributed by atoms with Gasteiger partial charge in [-0.25, -0.2) is 8.78 Å². The number of benzene rings is 2.